The zero-order valence-electron chi connectivity index (χ0n) is 8.66. The largest absolute Gasteiger partial charge is 0.379 e. The lowest BCUT2D eigenvalue weighted by Crippen LogP contribution is -2.57. The minimum atomic E-state index is -0.604. The molecule has 2 saturated heterocycles. The van der Waals surface area contributed by atoms with Crippen LogP contribution in [-0.4, -0.2) is 55.9 Å². The van der Waals surface area contributed by atoms with E-state index in [9.17, 15) is 4.79 Å². The van der Waals surface area contributed by atoms with Gasteiger partial charge in [0.25, 0.3) is 0 Å². The highest BCUT2D eigenvalue weighted by Gasteiger charge is 2.37. The van der Waals surface area contributed by atoms with E-state index in [1.807, 2.05) is 4.90 Å². The molecule has 0 aromatic heterocycles. The van der Waals surface area contributed by atoms with E-state index in [1.54, 1.807) is 0 Å². The normalized spacial score (nSPS) is 29.9. The van der Waals surface area contributed by atoms with Gasteiger partial charge >= 0.3 is 0 Å². The molecule has 0 bridgehead atoms. The minimum absolute atomic E-state index is 0.0883. The number of ether oxygens (including phenoxy) is 1. The molecule has 2 N–H and O–H groups in total. The second kappa shape index (κ2) is 5.53. The predicted octanol–water partition coefficient (Wildman–Crippen LogP) is -1.63. The number of carbonyl (C=O) groups is 1. The number of nitrogens with two attached hydrogens (primary N) is 1. The molecule has 8 heteroatoms. The molecule has 0 aliphatic carbocycles. The molecule has 0 aromatic carbocycles. The maximum atomic E-state index is 11.4. The summed E-state index contributed by atoms with van der Waals surface area (Å²) in [6.45, 7) is 2.46. The highest BCUT2D eigenvalue weighted by atomic mass is 17.7. The molecule has 0 spiro atoms. The van der Waals surface area contributed by atoms with Gasteiger partial charge in [0.05, 0.1) is 13.2 Å². The molecule has 92 valence electrons. The first-order valence-corrected chi connectivity index (χ1v) is 5.02. The summed E-state index contributed by atoms with van der Waals surface area (Å²) in [6.07, 6.45) is -0.593. The van der Waals surface area contributed by atoms with Crippen molar-refractivity contribution >= 4 is 5.91 Å². The van der Waals surface area contributed by atoms with Crippen molar-refractivity contribution in [1.29, 1.82) is 0 Å². The average Bonchev–Trinajstić information content (AvgIpc) is 2.31. The lowest BCUT2D eigenvalue weighted by Gasteiger charge is -2.36. The van der Waals surface area contributed by atoms with Crippen molar-refractivity contribution in [1.82, 2.24) is 4.90 Å². The van der Waals surface area contributed by atoms with Crippen LogP contribution in [0.5, 0.6) is 0 Å². The Morgan fingerprint density at radius 3 is 2.62 bits per heavy atom. The first-order chi connectivity index (χ1) is 7.79. The Morgan fingerprint density at radius 2 is 2.06 bits per heavy atom. The highest BCUT2D eigenvalue weighted by molar-refractivity contribution is 5.80. The minimum Gasteiger partial charge on any atom is -0.379 e. The summed E-state index contributed by atoms with van der Waals surface area (Å²) in [6, 6.07) is -0.604. The zero-order valence-corrected chi connectivity index (χ0v) is 8.66. The van der Waals surface area contributed by atoms with Gasteiger partial charge in [-0.25, -0.2) is 4.89 Å². The van der Waals surface area contributed by atoms with Gasteiger partial charge in [-0.3, -0.25) is 9.69 Å². The van der Waals surface area contributed by atoms with Crippen molar-refractivity contribution < 1.29 is 29.4 Å². The molecule has 2 rings (SSSR count). The molecule has 0 radical (unpaired) electrons. The van der Waals surface area contributed by atoms with Crippen molar-refractivity contribution in [2.24, 2.45) is 5.73 Å². The molecule has 0 aromatic rings. The number of carbonyl (C=O) groups excluding carboxylic acids is 1. The lowest BCUT2D eigenvalue weighted by atomic mass is 10.1. The van der Waals surface area contributed by atoms with Crippen molar-refractivity contribution in [2.45, 2.75) is 12.1 Å². The van der Waals surface area contributed by atoms with Crippen molar-refractivity contribution in [3.05, 3.63) is 0 Å². The van der Waals surface area contributed by atoms with Crippen LogP contribution in [0.1, 0.15) is 0 Å². The molecule has 0 saturated carbocycles. The number of primary amides is 1. The van der Waals surface area contributed by atoms with E-state index in [2.05, 4.69) is 15.0 Å². The van der Waals surface area contributed by atoms with Gasteiger partial charge < -0.3 is 10.5 Å². The third-order valence-electron chi connectivity index (χ3n) is 2.55. The maximum absolute atomic E-state index is 11.4. The van der Waals surface area contributed by atoms with Crippen molar-refractivity contribution in [2.75, 3.05) is 32.9 Å². The number of nitrogens with zero attached hydrogens (tertiary/aromatic N) is 1. The molecular weight excluding hydrogens is 220 g/mol. The topological polar surface area (TPSA) is 92.5 Å². The van der Waals surface area contributed by atoms with E-state index in [1.165, 1.54) is 0 Å². The average molecular weight is 234 g/mol. The SMILES string of the molecule is NC(=O)C(C1COOOO1)N1CCOCC1. The fraction of sp³-hybridized carbons (Fsp3) is 0.875. The van der Waals surface area contributed by atoms with Crippen LogP contribution in [0.15, 0.2) is 0 Å². The van der Waals surface area contributed by atoms with Crippen LogP contribution in [-0.2, 0) is 29.4 Å². The molecule has 2 aliphatic rings. The molecule has 2 aliphatic heterocycles. The predicted molar refractivity (Wildman–Crippen MR) is 48.4 cm³/mol. The second-order valence-electron chi connectivity index (χ2n) is 3.55. The Hall–Kier alpha value is -0.770. The standard InChI is InChI=1S/C8H14N2O6/c9-8(11)7(6-5-13-15-16-14-6)10-1-3-12-4-2-10/h6-7H,1-5H2,(H2,9,11). The Labute approximate surface area is 91.9 Å². The van der Waals surface area contributed by atoms with E-state index < -0.39 is 18.1 Å². The van der Waals surface area contributed by atoms with E-state index in [0.29, 0.717) is 26.3 Å². The van der Waals surface area contributed by atoms with Gasteiger partial charge in [0.1, 0.15) is 18.8 Å². The second-order valence-corrected chi connectivity index (χ2v) is 3.55. The van der Waals surface area contributed by atoms with Crippen LogP contribution in [0, 0.1) is 0 Å². The molecule has 2 heterocycles. The summed E-state index contributed by atoms with van der Waals surface area (Å²) < 4.78 is 5.20. The van der Waals surface area contributed by atoms with Crippen LogP contribution in [0.2, 0.25) is 0 Å². The quantitative estimate of drug-likeness (QED) is 0.586. The third kappa shape index (κ3) is 2.67. The summed E-state index contributed by atoms with van der Waals surface area (Å²) in [4.78, 5) is 22.7. The molecular formula is C8H14N2O6. The number of rotatable bonds is 3. The van der Waals surface area contributed by atoms with Gasteiger partial charge in [-0.2, -0.15) is 4.89 Å². The molecule has 1 amide bonds. The molecule has 2 fully saturated rings. The van der Waals surface area contributed by atoms with Gasteiger partial charge in [-0.15, -0.1) is 0 Å². The van der Waals surface area contributed by atoms with Crippen LogP contribution in [0.3, 0.4) is 0 Å². The fourth-order valence-electron chi connectivity index (χ4n) is 1.81. The number of hydrogen-bond acceptors (Lipinski definition) is 7. The van der Waals surface area contributed by atoms with Crippen LogP contribution < -0.4 is 5.73 Å². The van der Waals surface area contributed by atoms with Crippen molar-refractivity contribution in [3.8, 4) is 0 Å². The summed E-state index contributed by atoms with van der Waals surface area (Å²) in [7, 11) is 0. The summed E-state index contributed by atoms with van der Waals surface area (Å²) >= 11 is 0. The highest BCUT2D eigenvalue weighted by Crippen LogP contribution is 2.14. The Kier molecular flexibility index (Phi) is 4.04. The Bertz CT molecular complexity index is 221. The number of morpholine rings is 1. The smallest absolute Gasteiger partial charge is 0.237 e. The van der Waals surface area contributed by atoms with Gasteiger partial charge in [0.15, 0.2) is 0 Å². The molecule has 2 atom stereocenters. The van der Waals surface area contributed by atoms with Gasteiger partial charge in [0.2, 0.25) is 5.91 Å². The monoisotopic (exact) mass is 234 g/mol. The first-order valence-electron chi connectivity index (χ1n) is 5.02. The summed E-state index contributed by atoms with van der Waals surface area (Å²) in [5.74, 6) is -0.485. The zero-order chi connectivity index (χ0) is 11.4. The first kappa shape index (κ1) is 11.7. The number of amides is 1. The van der Waals surface area contributed by atoms with Crippen molar-refractivity contribution in [3.63, 3.8) is 0 Å². The van der Waals surface area contributed by atoms with Crippen LogP contribution in [0.4, 0.5) is 0 Å². The summed E-state index contributed by atoms with van der Waals surface area (Å²) in [5.41, 5.74) is 5.35. The summed E-state index contributed by atoms with van der Waals surface area (Å²) in [5, 5.41) is 8.32. The molecule has 16 heavy (non-hydrogen) atoms. The number of hydrogen-bond donors (Lipinski definition) is 1. The fourth-order valence-corrected chi connectivity index (χ4v) is 1.81. The van der Waals surface area contributed by atoms with E-state index >= 15 is 0 Å². The van der Waals surface area contributed by atoms with Crippen LogP contribution in [0.25, 0.3) is 0 Å². The third-order valence-corrected chi connectivity index (χ3v) is 2.55. The van der Waals surface area contributed by atoms with Gasteiger partial charge in [-0.05, 0) is 10.1 Å². The maximum Gasteiger partial charge on any atom is 0.237 e. The van der Waals surface area contributed by atoms with E-state index in [4.69, 9.17) is 15.4 Å². The lowest BCUT2D eigenvalue weighted by molar-refractivity contribution is -0.676. The van der Waals surface area contributed by atoms with Gasteiger partial charge in [-0.1, -0.05) is 0 Å². The van der Waals surface area contributed by atoms with E-state index in [-0.39, 0.29) is 6.61 Å². The van der Waals surface area contributed by atoms with E-state index in [0.717, 1.165) is 0 Å². The van der Waals surface area contributed by atoms with Crippen LogP contribution >= 0.6 is 0 Å². The molecule has 8 nitrogen and oxygen atoms in total. The van der Waals surface area contributed by atoms with Gasteiger partial charge in [0, 0.05) is 13.1 Å². The Balaban J connectivity index is 1.99. The molecule has 2 unspecified atom stereocenters. The Morgan fingerprint density at radius 1 is 1.31 bits per heavy atom.